The van der Waals surface area contributed by atoms with Crippen LogP contribution in [0.25, 0.3) is 0 Å². The number of halogens is 1. The maximum Gasteiger partial charge on any atom is 0.123 e. The molecule has 0 bridgehead atoms. The van der Waals surface area contributed by atoms with Crippen LogP contribution in [0.1, 0.15) is 57.6 Å². The molecule has 0 saturated heterocycles. The molecule has 0 amide bonds. The number of likely N-dealkylation sites (N-methyl/N-ethyl adjacent to an activating group) is 1. The van der Waals surface area contributed by atoms with Crippen molar-refractivity contribution in [2.24, 2.45) is 0 Å². The van der Waals surface area contributed by atoms with Crippen LogP contribution in [0.3, 0.4) is 0 Å². The van der Waals surface area contributed by atoms with E-state index < -0.39 is 0 Å². The summed E-state index contributed by atoms with van der Waals surface area (Å²) in [6.07, 6.45) is 6.18. The van der Waals surface area contributed by atoms with Crippen LogP contribution in [-0.4, -0.2) is 19.7 Å². The SMILES string of the molecule is CCCCCCC(C)OC(CNC)c1cccc(F)c1. The first-order chi connectivity index (χ1) is 9.67. The molecular formula is C17H28FNO. The largest absolute Gasteiger partial charge is 0.369 e. The molecule has 0 saturated carbocycles. The van der Waals surface area contributed by atoms with Crippen LogP contribution in [-0.2, 0) is 4.74 Å². The Morgan fingerprint density at radius 2 is 2.05 bits per heavy atom. The number of ether oxygens (including phenoxy) is 1. The second kappa shape index (κ2) is 9.89. The summed E-state index contributed by atoms with van der Waals surface area (Å²) in [5.41, 5.74) is 0.903. The third-order valence-corrected chi connectivity index (χ3v) is 3.47. The van der Waals surface area contributed by atoms with Gasteiger partial charge in [-0.3, -0.25) is 0 Å². The first-order valence-electron chi connectivity index (χ1n) is 7.72. The van der Waals surface area contributed by atoms with Gasteiger partial charge in [0.1, 0.15) is 5.82 Å². The van der Waals surface area contributed by atoms with Gasteiger partial charge in [0.15, 0.2) is 0 Å². The zero-order valence-corrected chi connectivity index (χ0v) is 13.0. The highest BCUT2D eigenvalue weighted by molar-refractivity contribution is 5.19. The molecule has 1 aromatic carbocycles. The van der Waals surface area contributed by atoms with Crippen LogP contribution in [0.5, 0.6) is 0 Å². The Morgan fingerprint density at radius 1 is 1.25 bits per heavy atom. The smallest absolute Gasteiger partial charge is 0.123 e. The Kier molecular flexibility index (Phi) is 8.47. The molecule has 1 rings (SSSR count). The quantitative estimate of drug-likeness (QED) is 0.639. The lowest BCUT2D eigenvalue weighted by atomic mass is 10.1. The van der Waals surface area contributed by atoms with Crippen LogP contribution >= 0.6 is 0 Å². The summed E-state index contributed by atoms with van der Waals surface area (Å²) < 4.78 is 19.4. The van der Waals surface area contributed by atoms with Gasteiger partial charge in [-0.25, -0.2) is 4.39 Å². The number of benzene rings is 1. The van der Waals surface area contributed by atoms with E-state index in [0.29, 0.717) is 6.54 Å². The molecule has 0 fully saturated rings. The Labute approximate surface area is 122 Å². The summed E-state index contributed by atoms with van der Waals surface area (Å²) in [6.45, 7) is 5.02. The van der Waals surface area contributed by atoms with Gasteiger partial charge in [0.05, 0.1) is 12.2 Å². The summed E-state index contributed by atoms with van der Waals surface area (Å²) >= 11 is 0. The van der Waals surface area contributed by atoms with Gasteiger partial charge in [0, 0.05) is 6.54 Å². The molecule has 2 atom stereocenters. The predicted octanol–water partition coefficient (Wildman–Crippen LogP) is 4.46. The number of nitrogens with one attached hydrogen (secondary N) is 1. The Balaban J connectivity index is 2.49. The molecule has 0 aliphatic rings. The molecule has 114 valence electrons. The van der Waals surface area contributed by atoms with Crippen molar-refractivity contribution in [2.75, 3.05) is 13.6 Å². The maximum atomic E-state index is 13.3. The summed E-state index contributed by atoms with van der Waals surface area (Å²) in [5.74, 6) is -0.206. The third-order valence-electron chi connectivity index (χ3n) is 3.47. The number of rotatable bonds is 10. The molecule has 3 heteroatoms. The van der Waals surface area contributed by atoms with Gasteiger partial charge < -0.3 is 10.1 Å². The fourth-order valence-electron chi connectivity index (χ4n) is 2.34. The number of unbranched alkanes of at least 4 members (excludes halogenated alkanes) is 3. The number of hydrogen-bond acceptors (Lipinski definition) is 2. The summed E-state index contributed by atoms with van der Waals surface area (Å²) in [5, 5.41) is 3.12. The highest BCUT2D eigenvalue weighted by atomic mass is 19.1. The lowest BCUT2D eigenvalue weighted by Crippen LogP contribution is -2.23. The summed E-state index contributed by atoms with van der Waals surface area (Å²) in [7, 11) is 1.89. The van der Waals surface area contributed by atoms with Gasteiger partial charge in [-0.2, -0.15) is 0 Å². The fourth-order valence-corrected chi connectivity index (χ4v) is 2.34. The van der Waals surface area contributed by atoms with Crippen molar-refractivity contribution in [3.63, 3.8) is 0 Å². The second-order valence-corrected chi connectivity index (χ2v) is 5.40. The zero-order chi connectivity index (χ0) is 14.8. The van der Waals surface area contributed by atoms with Gasteiger partial charge in [-0.15, -0.1) is 0 Å². The first kappa shape index (κ1) is 17.1. The molecule has 0 aromatic heterocycles. The lowest BCUT2D eigenvalue weighted by Gasteiger charge is -2.23. The van der Waals surface area contributed by atoms with Crippen LogP contribution in [0.15, 0.2) is 24.3 Å². The van der Waals surface area contributed by atoms with Gasteiger partial charge in [0.2, 0.25) is 0 Å². The van der Waals surface area contributed by atoms with Crippen LogP contribution < -0.4 is 5.32 Å². The van der Waals surface area contributed by atoms with Crippen LogP contribution in [0.4, 0.5) is 4.39 Å². The maximum absolute atomic E-state index is 13.3. The average Bonchev–Trinajstić information content (AvgIpc) is 2.43. The normalized spacial score (nSPS) is 14.2. The van der Waals surface area contributed by atoms with Crippen molar-refractivity contribution in [1.82, 2.24) is 5.32 Å². The monoisotopic (exact) mass is 281 g/mol. The van der Waals surface area contributed by atoms with Crippen LogP contribution in [0.2, 0.25) is 0 Å². The minimum absolute atomic E-state index is 0.0862. The zero-order valence-electron chi connectivity index (χ0n) is 13.0. The van der Waals surface area contributed by atoms with E-state index in [1.165, 1.54) is 31.7 Å². The van der Waals surface area contributed by atoms with E-state index >= 15 is 0 Å². The van der Waals surface area contributed by atoms with Crippen molar-refractivity contribution in [2.45, 2.75) is 58.2 Å². The Bertz CT molecular complexity index is 370. The van der Waals surface area contributed by atoms with Gasteiger partial charge in [-0.1, -0.05) is 44.7 Å². The first-order valence-corrected chi connectivity index (χ1v) is 7.72. The Hall–Kier alpha value is -0.930. The fraction of sp³-hybridized carbons (Fsp3) is 0.647. The Morgan fingerprint density at radius 3 is 2.70 bits per heavy atom. The van der Waals surface area contributed by atoms with Crippen LogP contribution in [0, 0.1) is 5.82 Å². The van der Waals surface area contributed by atoms with Gasteiger partial charge in [0.25, 0.3) is 0 Å². The molecule has 2 nitrogen and oxygen atoms in total. The molecule has 0 heterocycles. The molecule has 2 unspecified atom stereocenters. The van der Waals surface area contributed by atoms with E-state index in [9.17, 15) is 4.39 Å². The van der Waals surface area contributed by atoms with Crippen molar-refractivity contribution in [3.8, 4) is 0 Å². The second-order valence-electron chi connectivity index (χ2n) is 5.40. The standard InChI is InChI=1S/C17H28FNO/c1-4-5-6-7-9-14(2)20-17(13-19-3)15-10-8-11-16(18)12-15/h8,10-12,14,17,19H,4-7,9,13H2,1-3H3. The third kappa shape index (κ3) is 6.49. The predicted molar refractivity (Wildman–Crippen MR) is 82.4 cm³/mol. The van der Waals surface area contributed by atoms with E-state index in [1.54, 1.807) is 12.1 Å². The minimum Gasteiger partial charge on any atom is -0.369 e. The van der Waals surface area contributed by atoms with Gasteiger partial charge >= 0.3 is 0 Å². The molecule has 20 heavy (non-hydrogen) atoms. The van der Waals surface area contributed by atoms with Crippen molar-refractivity contribution in [3.05, 3.63) is 35.6 Å². The van der Waals surface area contributed by atoms with E-state index in [4.69, 9.17) is 4.74 Å². The van der Waals surface area contributed by atoms with E-state index in [0.717, 1.165) is 12.0 Å². The molecule has 1 aromatic rings. The highest BCUT2D eigenvalue weighted by Gasteiger charge is 2.15. The molecule has 1 N–H and O–H groups in total. The average molecular weight is 281 g/mol. The highest BCUT2D eigenvalue weighted by Crippen LogP contribution is 2.21. The van der Waals surface area contributed by atoms with Crippen molar-refractivity contribution >= 4 is 0 Å². The van der Waals surface area contributed by atoms with Gasteiger partial charge in [-0.05, 0) is 38.1 Å². The van der Waals surface area contributed by atoms with E-state index in [1.807, 2.05) is 13.1 Å². The molecule has 0 radical (unpaired) electrons. The molecule has 0 aliphatic carbocycles. The molecular weight excluding hydrogens is 253 g/mol. The van der Waals surface area contributed by atoms with Crippen molar-refractivity contribution in [1.29, 1.82) is 0 Å². The topological polar surface area (TPSA) is 21.3 Å². The summed E-state index contributed by atoms with van der Waals surface area (Å²) in [4.78, 5) is 0. The molecule has 0 aliphatic heterocycles. The van der Waals surface area contributed by atoms with E-state index in [2.05, 4.69) is 19.2 Å². The van der Waals surface area contributed by atoms with Crippen molar-refractivity contribution < 1.29 is 9.13 Å². The molecule has 0 spiro atoms. The summed E-state index contributed by atoms with van der Waals surface area (Å²) in [6, 6.07) is 6.69. The van der Waals surface area contributed by atoms with E-state index in [-0.39, 0.29) is 18.0 Å². The number of hydrogen-bond donors (Lipinski definition) is 1. The lowest BCUT2D eigenvalue weighted by molar-refractivity contribution is -0.00733. The minimum atomic E-state index is -0.206.